The van der Waals surface area contributed by atoms with E-state index in [1.807, 2.05) is 32.0 Å². The molecule has 0 saturated heterocycles. The Labute approximate surface area is 104 Å². The highest BCUT2D eigenvalue weighted by Crippen LogP contribution is 2.05. The standard InChI is InChI=1S/C13H21NO2S/c1-3-11-17(15,16)14-12(2)9-10-13-7-5-4-6-8-13/h4-8,12,14H,3,9-11H2,1-2H3/t12-/m0/s1. The lowest BCUT2D eigenvalue weighted by Crippen LogP contribution is -2.34. The maximum atomic E-state index is 11.5. The topological polar surface area (TPSA) is 46.2 Å². The van der Waals surface area contributed by atoms with Crippen LogP contribution in [0.2, 0.25) is 0 Å². The van der Waals surface area contributed by atoms with Gasteiger partial charge in [0.15, 0.2) is 0 Å². The third-order valence-corrected chi connectivity index (χ3v) is 4.27. The van der Waals surface area contributed by atoms with Crippen LogP contribution in [0.3, 0.4) is 0 Å². The van der Waals surface area contributed by atoms with Crippen LogP contribution in [0.4, 0.5) is 0 Å². The van der Waals surface area contributed by atoms with Gasteiger partial charge in [-0.25, -0.2) is 13.1 Å². The van der Waals surface area contributed by atoms with Crippen molar-refractivity contribution in [2.45, 2.75) is 39.2 Å². The summed E-state index contributed by atoms with van der Waals surface area (Å²) in [5, 5.41) is 0. The molecule has 0 heterocycles. The van der Waals surface area contributed by atoms with Crippen molar-refractivity contribution in [2.75, 3.05) is 5.75 Å². The molecule has 0 aliphatic rings. The minimum absolute atomic E-state index is 0.00763. The summed E-state index contributed by atoms with van der Waals surface area (Å²) in [5.41, 5.74) is 1.24. The molecule has 1 rings (SSSR count). The number of aryl methyl sites for hydroxylation is 1. The minimum atomic E-state index is -3.09. The zero-order chi connectivity index (χ0) is 12.7. The van der Waals surface area contributed by atoms with Gasteiger partial charge in [0.2, 0.25) is 10.0 Å². The van der Waals surface area contributed by atoms with Gasteiger partial charge in [0.05, 0.1) is 5.75 Å². The number of rotatable bonds is 7. The first-order chi connectivity index (χ1) is 8.03. The van der Waals surface area contributed by atoms with Crippen molar-refractivity contribution in [3.8, 4) is 0 Å². The summed E-state index contributed by atoms with van der Waals surface area (Å²) in [6.45, 7) is 3.78. The molecular weight excluding hydrogens is 234 g/mol. The van der Waals surface area contributed by atoms with Crippen molar-refractivity contribution < 1.29 is 8.42 Å². The predicted molar refractivity (Wildman–Crippen MR) is 71.4 cm³/mol. The lowest BCUT2D eigenvalue weighted by Gasteiger charge is -2.13. The Morgan fingerprint density at radius 2 is 1.88 bits per heavy atom. The van der Waals surface area contributed by atoms with E-state index in [4.69, 9.17) is 0 Å². The van der Waals surface area contributed by atoms with E-state index < -0.39 is 10.0 Å². The Kier molecular flexibility index (Phi) is 5.65. The van der Waals surface area contributed by atoms with Gasteiger partial charge in [-0.05, 0) is 31.7 Å². The van der Waals surface area contributed by atoms with Gasteiger partial charge in [-0.1, -0.05) is 37.3 Å². The second-order valence-corrected chi connectivity index (χ2v) is 6.24. The highest BCUT2D eigenvalue weighted by atomic mass is 32.2. The van der Waals surface area contributed by atoms with Gasteiger partial charge in [-0.2, -0.15) is 0 Å². The quantitative estimate of drug-likeness (QED) is 0.813. The van der Waals surface area contributed by atoms with Crippen LogP contribution in [-0.2, 0) is 16.4 Å². The highest BCUT2D eigenvalue weighted by molar-refractivity contribution is 7.89. The Morgan fingerprint density at radius 1 is 1.24 bits per heavy atom. The molecule has 1 N–H and O–H groups in total. The Bertz CT molecular complexity index is 414. The van der Waals surface area contributed by atoms with E-state index in [0.29, 0.717) is 6.42 Å². The molecule has 1 atom stereocenters. The van der Waals surface area contributed by atoms with E-state index in [1.165, 1.54) is 5.56 Å². The van der Waals surface area contributed by atoms with Crippen LogP contribution >= 0.6 is 0 Å². The molecular formula is C13H21NO2S. The van der Waals surface area contributed by atoms with Crippen LogP contribution in [0.25, 0.3) is 0 Å². The zero-order valence-electron chi connectivity index (χ0n) is 10.5. The average Bonchev–Trinajstić information content (AvgIpc) is 2.27. The fraction of sp³-hybridized carbons (Fsp3) is 0.538. The van der Waals surface area contributed by atoms with Gasteiger partial charge in [0, 0.05) is 6.04 Å². The van der Waals surface area contributed by atoms with Crippen LogP contribution in [0.1, 0.15) is 32.3 Å². The third-order valence-electron chi connectivity index (χ3n) is 2.56. The van der Waals surface area contributed by atoms with Crippen molar-refractivity contribution in [3.05, 3.63) is 35.9 Å². The van der Waals surface area contributed by atoms with Crippen molar-refractivity contribution in [3.63, 3.8) is 0 Å². The molecule has 4 heteroatoms. The Morgan fingerprint density at radius 3 is 2.47 bits per heavy atom. The summed E-state index contributed by atoms with van der Waals surface area (Å²) in [6, 6.07) is 10.1. The van der Waals surface area contributed by atoms with Crippen molar-refractivity contribution >= 4 is 10.0 Å². The number of sulfonamides is 1. The van der Waals surface area contributed by atoms with Crippen molar-refractivity contribution in [1.82, 2.24) is 4.72 Å². The summed E-state index contributed by atoms with van der Waals surface area (Å²) in [7, 11) is -3.09. The van der Waals surface area contributed by atoms with Crippen LogP contribution in [-0.4, -0.2) is 20.2 Å². The minimum Gasteiger partial charge on any atom is -0.212 e. The molecule has 3 nitrogen and oxygen atoms in total. The van der Waals surface area contributed by atoms with Gasteiger partial charge >= 0.3 is 0 Å². The zero-order valence-corrected chi connectivity index (χ0v) is 11.3. The normalized spacial score (nSPS) is 13.5. The molecule has 96 valence electrons. The van der Waals surface area contributed by atoms with Crippen molar-refractivity contribution in [2.24, 2.45) is 0 Å². The highest BCUT2D eigenvalue weighted by Gasteiger charge is 2.12. The first-order valence-electron chi connectivity index (χ1n) is 6.07. The van der Waals surface area contributed by atoms with Crippen molar-refractivity contribution in [1.29, 1.82) is 0 Å². The molecule has 0 aromatic heterocycles. The number of nitrogens with one attached hydrogen (secondary N) is 1. The molecule has 0 radical (unpaired) electrons. The first-order valence-corrected chi connectivity index (χ1v) is 7.72. The average molecular weight is 255 g/mol. The summed E-state index contributed by atoms with van der Waals surface area (Å²) >= 11 is 0. The summed E-state index contributed by atoms with van der Waals surface area (Å²) in [6.07, 6.45) is 2.38. The number of hydrogen-bond donors (Lipinski definition) is 1. The monoisotopic (exact) mass is 255 g/mol. The molecule has 0 unspecified atom stereocenters. The van der Waals surface area contributed by atoms with E-state index in [9.17, 15) is 8.42 Å². The van der Waals surface area contributed by atoms with Crippen LogP contribution in [0.5, 0.6) is 0 Å². The Hall–Kier alpha value is -0.870. The van der Waals surface area contributed by atoms with Gasteiger partial charge in [0.1, 0.15) is 0 Å². The molecule has 1 aromatic rings. The lowest BCUT2D eigenvalue weighted by molar-refractivity contribution is 0.546. The number of hydrogen-bond acceptors (Lipinski definition) is 2. The number of benzene rings is 1. The Balaban J connectivity index is 2.38. The van der Waals surface area contributed by atoms with E-state index in [2.05, 4.69) is 16.9 Å². The van der Waals surface area contributed by atoms with E-state index >= 15 is 0 Å². The molecule has 0 saturated carbocycles. The van der Waals surface area contributed by atoms with Gasteiger partial charge in [0.25, 0.3) is 0 Å². The molecule has 0 fully saturated rings. The van der Waals surface area contributed by atoms with Gasteiger partial charge in [-0.3, -0.25) is 0 Å². The summed E-state index contributed by atoms with van der Waals surface area (Å²) < 4.78 is 25.8. The second-order valence-electron chi connectivity index (χ2n) is 4.36. The van der Waals surface area contributed by atoms with Gasteiger partial charge in [-0.15, -0.1) is 0 Å². The fourth-order valence-corrected chi connectivity index (χ4v) is 3.11. The fourth-order valence-electron chi connectivity index (χ4n) is 1.72. The van der Waals surface area contributed by atoms with Crippen LogP contribution < -0.4 is 4.72 Å². The molecule has 17 heavy (non-hydrogen) atoms. The molecule has 0 spiro atoms. The maximum absolute atomic E-state index is 11.5. The third kappa shape index (κ3) is 5.84. The lowest BCUT2D eigenvalue weighted by atomic mass is 10.1. The molecule has 0 bridgehead atoms. The SMILES string of the molecule is CCCS(=O)(=O)N[C@@H](C)CCc1ccccc1. The van der Waals surface area contributed by atoms with Gasteiger partial charge < -0.3 is 0 Å². The van der Waals surface area contributed by atoms with E-state index in [-0.39, 0.29) is 11.8 Å². The molecule has 1 aromatic carbocycles. The first kappa shape index (κ1) is 14.2. The largest absolute Gasteiger partial charge is 0.212 e. The molecule has 0 amide bonds. The molecule has 0 aliphatic carbocycles. The van der Waals surface area contributed by atoms with E-state index in [1.54, 1.807) is 0 Å². The smallest absolute Gasteiger partial charge is 0.211 e. The summed E-state index contributed by atoms with van der Waals surface area (Å²) in [4.78, 5) is 0. The maximum Gasteiger partial charge on any atom is 0.211 e. The second kappa shape index (κ2) is 6.77. The van der Waals surface area contributed by atoms with Crippen LogP contribution in [0, 0.1) is 0 Å². The van der Waals surface area contributed by atoms with Crippen LogP contribution in [0.15, 0.2) is 30.3 Å². The summed E-state index contributed by atoms with van der Waals surface area (Å²) in [5.74, 6) is 0.211. The molecule has 0 aliphatic heterocycles. The predicted octanol–water partition coefficient (Wildman–Crippen LogP) is 2.34. The van der Waals surface area contributed by atoms with E-state index in [0.717, 1.165) is 12.8 Å².